The van der Waals surface area contributed by atoms with E-state index in [1.54, 1.807) is 6.07 Å². The van der Waals surface area contributed by atoms with E-state index >= 15 is 0 Å². The number of thioether (sulfide) groups is 1. The van der Waals surface area contributed by atoms with Crippen molar-refractivity contribution in [2.45, 2.75) is 11.4 Å². The van der Waals surface area contributed by atoms with E-state index in [0.29, 0.717) is 16.6 Å². The summed E-state index contributed by atoms with van der Waals surface area (Å²) in [6.07, 6.45) is 4.08. The largest absolute Gasteiger partial charge is 0.342 e. The van der Waals surface area contributed by atoms with Gasteiger partial charge < -0.3 is 4.57 Å². The van der Waals surface area contributed by atoms with E-state index < -0.39 is 0 Å². The first-order valence-electron chi connectivity index (χ1n) is 9.15. The molecular formula is C24H15Cl2NOS. The molecule has 29 heavy (non-hydrogen) atoms. The first-order chi connectivity index (χ1) is 14.1. The van der Waals surface area contributed by atoms with E-state index in [-0.39, 0.29) is 5.78 Å². The summed E-state index contributed by atoms with van der Waals surface area (Å²) in [7, 11) is 0. The number of para-hydroxylation sites is 1. The van der Waals surface area contributed by atoms with Gasteiger partial charge in [0, 0.05) is 49.7 Å². The van der Waals surface area contributed by atoms with Crippen molar-refractivity contribution in [1.29, 1.82) is 0 Å². The highest BCUT2D eigenvalue weighted by Crippen LogP contribution is 2.41. The predicted octanol–water partition coefficient (Wildman–Crippen LogP) is 7.33. The Morgan fingerprint density at radius 3 is 2.59 bits per heavy atom. The zero-order valence-electron chi connectivity index (χ0n) is 15.2. The van der Waals surface area contributed by atoms with Crippen molar-refractivity contribution in [2.24, 2.45) is 0 Å². The molecular weight excluding hydrogens is 421 g/mol. The molecule has 3 aromatic carbocycles. The average Bonchev–Trinajstić information content (AvgIpc) is 3.23. The molecule has 0 saturated carbocycles. The molecule has 2 nitrogen and oxygen atoms in total. The summed E-state index contributed by atoms with van der Waals surface area (Å²) in [5.74, 6) is 0.0863. The van der Waals surface area contributed by atoms with Crippen LogP contribution in [-0.2, 0) is 6.54 Å². The normalized spacial score (nSPS) is 14.7. The van der Waals surface area contributed by atoms with Gasteiger partial charge in [0.15, 0.2) is 0 Å². The third-order valence-corrected chi connectivity index (χ3v) is 6.72. The molecule has 0 N–H and O–H groups in total. The lowest BCUT2D eigenvalue weighted by Crippen LogP contribution is -1.98. The average molecular weight is 436 g/mol. The van der Waals surface area contributed by atoms with Gasteiger partial charge >= 0.3 is 0 Å². The maximum Gasteiger partial charge on any atom is 0.200 e. The first-order valence-corrected chi connectivity index (χ1v) is 10.7. The minimum atomic E-state index is 0.0863. The van der Waals surface area contributed by atoms with Crippen LogP contribution in [0.25, 0.3) is 17.0 Å². The zero-order chi connectivity index (χ0) is 20.0. The maximum atomic E-state index is 12.8. The van der Waals surface area contributed by atoms with Crippen LogP contribution >= 0.6 is 35.0 Å². The molecule has 0 unspecified atom stereocenters. The number of allylic oxidation sites excluding steroid dienone is 1. The molecule has 0 saturated heterocycles. The van der Waals surface area contributed by atoms with Crippen LogP contribution < -0.4 is 0 Å². The van der Waals surface area contributed by atoms with Gasteiger partial charge in [-0.2, -0.15) is 0 Å². The SMILES string of the molecule is O=C1C(=Cc2cn(Cc3ccc(Cl)cc3Cl)c3ccccc23)Sc2ccccc21. The van der Waals surface area contributed by atoms with Crippen LogP contribution in [0.3, 0.4) is 0 Å². The quantitative estimate of drug-likeness (QED) is 0.314. The summed E-state index contributed by atoms with van der Waals surface area (Å²) in [5.41, 5.74) is 3.89. The monoisotopic (exact) mass is 435 g/mol. The molecule has 2 heterocycles. The van der Waals surface area contributed by atoms with Crippen molar-refractivity contribution in [3.05, 3.63) is 105 Å². The van der Waals surface area contributed by atoms with Crippen molar-refractivity contribution in [2.75, 3.05) is 0 Å². The van der Waals surface area contributed by atoms with Gasteiger partial charge in [0.2, 0.25) is 5.78 Å². The molecule has 0 fully saturated rings. The second-order valence-corrected chi connectivity index (χ2v) is 8.83. The molecule has 0 atom stereocenters. The number of nitrogens with zero attached hydrogens (tertiary/aromatic N) is 1. The van der Waals surface area contributed by atoms with Gasteiger partial charge in [-0.1, -0.05) is 71.4 Å². The van der Waals surface area contributed by atoms with Crippen molar-refractivity contribution in [1.82, 2.24) is 4.57 Å². The van der Waals surface area contributed by atoms with Crippen LogP contribution in [-0.4, -0.2) is 10.4 Å². The molecule has 4 aromatic rings. The van der Waals surface area contributed by atoms with Gasteiger partial charge in [0.05, 0.1) is 4.91 Å². The lowest BCUT2D eigenvalue weighted by Gasteiger charge is -2.08. The Balaban J connectivity index is 1.57. The fourth-order valence-corrected chi connectivity index (χ4v) is 5.14. The molecule has 0 aliphatic carbocycles. The molecule has 0 spiro atoms. The van der Waals surface area contributed by atoms with Gasteiger partial charge in [-0.25, -0.2) is 0 Å². The number of fused-ring (bicyclic) bond motifs is 2. The number of carbonyl (C=O) groups excluding carboxylic acids is 1. The Morgan fingerprint density at radius 2 is 1.76 bits per heavy atom. The number of hydrogen-bond donors (Lipinski definition) is 0. The molecule has 142 valence electrons. The molecule has 0 amide bonds. The van der Waals surface area contributed by atoms with Crippen LogP contribution in [0.5, 0.6) is 0 Å². The van der Waals surface area contributed by atoms with Gasteiger partial charge in [0.1, 0.15) is 0 Å². The van der Waals surface area contributed by atoms with Gasteiger partial charge in [-0.3, -0.25) is 4.79 Å². The van der Waals surface area contributed by atoms with E-state index in [1.807, 2.05) is 54.6 Å². The molecule has 1 aliphatic rings. The van der Waals surface area contributed by atoms with Crippen LogP contribution in [0.2, 0.25) is 10.0 Å². The highest BCUT2D eigenvalue weighted by molar-refractivity contribution is 8.04. The number of ketones is 1. The minimum Gasteiger partial charge on any atom is -0.342 e. The zero-order valence-corrected chi connectivity index (χ0v) is 17.6. The Bertz CT molecular complexity index is 1310. The molecule has 1 aromatic heterocycles. The summed E-state index contributed by atoms with van der Waals surface area (Å²) < 4.78 is 2.16. The predicted molar refractivity (Wildman–Crippen MR) is 122 cm³/mol. The van der Waals surface area contributed by atoms with Crippen LogP contribution in [0, 0.1) is 0 Å². The van der Waals surface area contributed by atoms with Gasteiger partial charge in [-0.15, -0.1) is 0 Å². The van der Waals surface area contributed by atoms with Crippen LogP contribution in [0.4, 0.5) is 0 Å². The van der Waals surface area contributed by atoms with Gasteiger partial charge in [-0.05, 0) is 42.0 Å². The summed E-state index contributed by atoms with van der Waals surface area (Å²) in [4.78, 5) is 14.5. The number of benzene rings is 3. The van der Waals surface area contributed by atoms with Crippen LogP contribution in [0.1, 0.15) is 21.5 Å². The molecule has 5 rings (SSSR count). The summed E-state index contributed by atoms with van der Waals surface area (Å²) >= 11 is 14.0. The molecule has 0 radical (unpaired) electrons. The third-order valence-electron chi connectivity index (χ3n) is 5.04. The summed E-state index contributed by atoms with van der Waals surface area (Å²) in [6.45, 7) is 0.626. The lowest BCUT2D eigenvalue weighted by molar-refractivity contribution is 0.104. The Hall–Kier alpha value is -2.46. The van der Waals surface area contributed by atoms with E-state index in [9.17, 15) is 4.79 Å². The fourth-order valence-electron chi connectivity index (χ4n) is 3.63. The first kappa shape index (κ1) is 18.6. The second kappa shape index (κ2) is 7.42. The van der Waals surface area contributed by atoms with Crippen LogP contribution in [0.15, 0.2) is 82.7 Å². The Labute approximate surface area is 182 Å². The lowest BCUT2D eigenvalue weighted by atomic mass is 10.1. The highest BCUT2D eigenvalue weighted by atomic mass is 35.5. The topological polar surface area (TPSA) is 22.0 Å². The van der Waals surface area contributed by atoms with Crippen molar-refractivity contribution >= 4 is 57.7 Å². The van der Waals surface area contributed by atoms with E-state index in [0.717, 1.165) is 37.4 Å². The number of aromatic nitrogens is 1. The third kappa shape index (κ3) is 3.40. The number of carbonyl (C=O) groups is 1. The molecule has 1 aliphatic heterocycles. The second-order valence-electron chi connectivity index (χ2n) is 6.90. The Kier molecular flexibility index (Phi) is 4.75. The number of halogens is 2. The fraction of sp³-hybridized carbons (Fsp3) is 0.0417. The standard InChI is InChI=1S/C24H15Cl2NOS/c25-17-10-9-15(20(26)12-17)13-27-14-16(18-5-1-3-7-21(18)27)11-23-24(28)19-6-2-4-8-22(19)29-23/h1-12,14H,13H2. The summed E-state index contributed by atoms with van der Waals surface area (Å²) in [6, 6.07) is 21.5. The Morgan fingerprint density at radius 1 is 0.966 bits per heavy atom. The van der Waals surface area contributed by atoms with Crippen molar-refractivity contribution < 1.29 is 4.79 Å². The number of hydrogen-bond acceptors (Lipinski definition) is 2. The maximum absolute atomic E-state index is 12.8. The van der Waals surface area contributed by atoms with E-state index in [1.165, 1.54) is 11.8 Å². The minimum absolute atomic E-state index is 0.0863. The van der Waals surface area contributed by atoms with E-state index in [4.69, 9.17) is 23.2 Å². The van der Waals surface area contributed by atoms with Crippen molar-refractivity contribution in [3.63, 3.8) is 0 Å². The number of Topliss-reactive ketones (excluding diaryl/α,β-unsaturated/α-hetero) is 1. The van der Waals surface area contributed by atoms with Crippen molar-refractivity contribution in [3.8, 4) is 0 Å². The smallest absolute Gasteiger partial charge is 0.200 e. The van der Waals surface area contributed by atoms with Gasteiger partial charge in [0.25, 0.3) is 0 Å². The summed E-state index contributed by atoms with van der Waals surface area (Å²) in [5, 5.41) is 2.37. The molecule has 0 bridgehead atoms. The number of rotatable bonds is 3. The highest BCUT2D eigenvalue weighted by Gasteiger charge is 2.25. The molecule has 5 heteroatoms. The van der Waals surface area contributed by atoms with E-state index in [2.05, 4.69) is 22.9 Å².